The summed E-state index contributed by atoms with van der Waals surface area (Å²) in [4.78, 5) is 13.3. The Morgan fingerprint density at radius 3 is 2.52 bits per heavy atom. The van der Waals surface area contributed by atoms with Crippen molar-refractivity contribution < 1.29 is 18.3 Å². The van der Waals surface area contributed by atoms with Crippen molar-refractivity contribution in [3.63, 3.8) is 0 Å². The molecule has 2 rings (SSSR count). The fraction of sp³-hybridized carbons (Fsp3) is 0.500. The van der Waals surface area contributed by atoms with E-state index >= 15 is 0 Å². The van der Waals surface area contributed by atoms with Crippen LogP contribution in [-0.2, 0) is 9.84 Å². The van der Waals surface area contributed by atoms with E-state index in [2.05, 4.69) is 20.8 Å². The van der Waals surface area contributed by atoms with Crippen LogP contribution in [0.15, 0.2) is 27.6 Å². The van der Waals surface area contributed by atoms with Gasteiger partial charge in [-0.15, -0.1) is 0 Å². The van der Waals surface area contributed by atoms with Crippen molar-refractivity contribution in [3.8, 4) is 0 Å². The van der Waals surface area contributed by atoms with Crippen molar-refractivity contribution in [2.75, 3.05) is 25.4 Å². The van der Waals surface area contributed by atoms with Gasteiger partial charge >= 0.3 is 5.97 Å². The lowest BCUT2D eigenvalue weighted by atomic mass is 10.1. The molecular formula is C14H18BrNO4S. The standard InChI is InChI=1S/C14H18BrNO4S/c15-13-5-4-11(10-12(13)14(17)18)21(19,20)9-8-16-6-2-1-3-7-16/h4-5,10H,1-3,6-9H2,(H,17,18). The minimum Gasteiger partial charge on any atom is -0.478 e. The van der Waals surface area contributed by atoms with Gasteiger partial charge in [0.25, 0.3) is 0 Å². The Labute approximate surface area is 133 Å². The van der Waals surface area contributed by atoms with Gasteiger partial charge in [0.15, 0.2) is 9.84 Å². The van der Waals surface area contributed by atoms with E-state index in [4.69, 9.17) is 5.11 Å². The fourth-order valence-electron chi connectivity index (χ4n) is 2.41. The molecule has 1 aliphatic heterocycles. The summed E-state index contributed by atoms with van der Waals surface area (Å²) in [5, 5.41) is 9.06. The summed E-state index contributed by atoms with van der Waals surface area (Å²) in [7, 11) is -3.46. The second kappa shape index (κ2) is 6.89. The van der Waals surface area contributed by atoms with Gasteiger partial charge in [-0.25, -0.2) is 13.2 Å². The molecule has 1 saturated heterocycles. The first kappa shape index (κ1) is 16.5. The highest BCUT2D eigenvalue weighted by Crippen LogP contribution is 2.22. The van der Waals surface area contributed by atoms with Crippen molar-refractivity contribution in [3.05, 3.63) is 28.2 Å². The maximum atomic E-state index is 12.3. The SMILES string of the molecule is O=C(O)c1cc(S(=O)(=O)CCN2CCCCC2)ccc1Br. The van der Waals surface area contributed by atoms with Crippen molar-refractivity contribution in [2.24, 2.45) is 0 Å². The van der Waals surface area contributed by atoms with Crippen LogP contribution in [-0.4, -0.2) is 49.8 Å². The van der Waals surface area contributed by atoms with Crippen LogP contribution in [0, 0.1) is 0 Å². The minimum absolute atomic E-state index is 0.0215. The van der Waals surface area contributed by atoms with Crippen LogP contribution in [0.3, 0.4) is 0 Å². The molecule has 0 spiro atoms. The van der Waals surface area contributed by atoms with Crippen LogP contribution in [0.25, 0.3) is 0 Å². The molecule has 0 aliphatic carbocycles. The second-order valence-corrected chi connectivity index (χ2v) is 8.13. The van der Waals surface area contributed by atoms with Crippen molar-refractivity contribution >= 4 is 31.7 Å². The fourth-order valence-corrected chi connectivity index (χ4v) is 4.14. The molecule has 0 unspecified atom stereocenters. The molecule has 116 valence electrons. The van der Waals surface area contributed by atoms with Crippen LogP contribution in [0.5, 0.6) is 0 Å². The number of aromatic carboxylic acids is 1. The number of carbonyl (C=O) groups is 1. The van der Waals surface area contributed by atoms with Gasteiger partial charge in [0.2, 0.25) is 0 Å². The van der Waals surface area contributed by atoms with Gasteiger partial charge < -0.3 is 10.0 Å². The number of rotatable bonds is 5. The quantitative estimate of drug-likeness (QED) is 0.854. The molecule has 5 nitrogen and oxygen atoms in total. The Kier molecular flexibility index (Phi) is 5.40. The maximum Gasteiger partial charge on any atom is 0.336 e. The summed E-state index contributed by atoms with van der Waals surface area (Å²) in [6.07, 6.45) is 3.43. The Morgan fingerprint density at radius 1 is 1.24 bits per heavy atom. The number of halogens is 1. The number of sulfone groups is 1. The number of hydrogen-bond acceptors (Lipinski definition) is 4. The number of carboxylic acids is 1. The first-order valence-corrected chi connectivity index (χ1v) is 9.32. The zero-order valence-corrected chi connectivity index (χ0v) is 14.0. The summed E-state index contributed by atoms with van der Waals surface area (Å²) in [6.45, 7) is 2.38. The highest BCUT2D eigenvalue weighted by Gasteiger charge is 2.20. The Hall–Kier alpha value is -0.920. The second-order valence-electron chi connectivity index (χ2n) is 5.17. The number of benzene rings is 1. The van der Waals surface area contributed by atoms with Crippen LogP contribution in [0.1, 0.15) is 29.6 Å². The average Bonchev–Trinajstić information content (AvgIpc) is 2.46. The Bertz CT molecular complexity index is 624. The van der Waals surface area contributed by atoms with Crippen molar-refractivity contribution in [1.29, 1.82) is 0 Å². The smallest absolute Gasteiger partial charge is 0.336 e. The van der Waals surface area contributed by atoms with Crippen LogP contribution in [0.2, 0.25) is 0 Å². The molecule has 1 fully saturated rings. The number of nitrogens with zero attached hydrogens (tertiary/aromatic N) is 1. The average molecular weight is 376 g/mol. The molecule has 1 aliphatic rings. The molecule has 1 aromatic carbocycles. The normalized spacial score (nSPS) is 16.8. The van der Waals surface area contributed by atoms with E-state index in [1.165, 1.54) is 24.6 Å². The Morgan fingerprint density at radius 2 is 1.90 bits per heavy atom. The summed E-state index contributed by atoms with van der Waals surface area (Å²) in [6, 6.07) is 4.14. The summed E-state index contributed by atoms with van der Waals surface area (Å²) < 4.78 is 25.0. The van der Waals surface area contributed by atoms with Gasteiger partial charge in [0.05, 0.1) is 16.2 Å². The van der Waals surface area contributed by atoms with Gasteiger partial charge in [-0.2, -0.15) is 0 Å². The molecule has 0 radical (unpaired) electrons. The molecule has 1 N–H and O–H groups in total. The lowest BCUT2D eigenvalue weighted by Crippen LogP contribution is -2.33. The third kappa shape index (κ3) is 4.28. The molecule has 0 saturated carbocycles. The minimum atomic E-state index is -3.46. The molecule has 0 bridgehead atoms. The zero-order valence-electron chi connectivity index (χ0n) is 11.6. The first-order valence-electron chi connectivity index (χ1n) is 6.88. The van der Waals surface area contributed by atoms with Crippen molar-refractivity contribution in [1.82, 2.24) is 4.90 Å². The summed E-state index contributed by atoms with van der Waals surface area (Å²) in [5.41, 5.74) is -0.0333. The van der Waals surface area contributed by atoms with E-state index < -0.39 is 15.8 Å². The van der Waals surface area contributed by atoms with Crippen LogP contribution >= 0.6 is 15.9 Å². The third-order valence-electron chi connectivity index (χ3n) is 3.65. The van der Waals surface area contributed by atoms with Crippen LogP contribution < -0.4 is 0 Å². The molecule has 0 amide bonds. The van der Waals surface area contributed by atoms with Gasteiger partial charge in [-0.05, 0) is 60.1 Å². The highest BCUT2D eigenvalue weighted by molar-refractivity contribution is 9.10. The van der Waals surface area contributed by atoms with Crippen molar-refractivity contribution in [2.45, 2.75) is 24.2 Å². The lowest BCUT2D eigenvalue weighted by Gasteiger charge is -2.26. The topological polar surface area (TPSA) is 74.7 Å². The Balaban J connectivity index is 2.11. The number of hydrogen-bond donors (Lipinski definition) is 1. The van der Waals surface area contributed by atoms with Gasteiger partial charge in [-0.3, -0.25) is 0 Å². The largest absolute Gasteiger partial charge is 0.478 e. The number of carboxylic acid groups (broad SMARTS) is 1. The lowest BCUT2D eigenvalue weighted by molar-refractivity contribution is 0.0695. The molecular weight excluding hydrogens is 358 g/mol. The van der Waals surface area contributed by atoms with E-state index in [9.17, 15) is 13.2 Å². The molecule has 21 heavy (non-hydrogen) atoms. The van der Waals surface area contributed by atoms with E-state index in [-0.39, 0.29) is 16.2 Å². The van der Waals surface area contributed by atoms with E-state index in [1.807, 2.05) is 0 Å². The highest BCUT2D eigenvalue weighted by atomic mass is 79.9. The van der Waals surface area contributed by atoms with Gasteiger partial charge in [-0.1, -0.05) is 6.42 Å². The van der Waals surface area contributed by atoms with E-state index in [0.717, 1.165) is 25.9 Å². The molecule has 7 heteroatoms. The zero-order chi connectivity index (χ0) is 15.5. The van der Waals surface area contributed by atoms with E-state index in [0.29, 0.717) is 11.0 Å². The summed E-state index contributed by atoms with van der Waals surface area (Å²) in [5.74, 6) is -1.12. The molecule has 0 atom stereocenters. The number of likely N-dealkylation sites (tertiary alicyclic amines) is 1. The van der Waals surface area contributed by atoms with Crippen LogP contribution in [0.4, 0.5) is 0 Å². The van der Waals surface area contributed by atoms with Gasteiger partial charge in [0.1, 0.15) is 0 Å². The first-order chi connectivity index (χ1) is 9.90. The molecule has 1 aromatic rings. The number of piperidine rings is 1. The third-order valence-corrected chi connectivity index (χ3v) is 6.04. The summed E-state index contributed by atoms with van der Waals surface area (Å²) >= 11 is 3.12. The predicted octanol–water partition coefficient (Wildman–Crippen LogP) is 2.41. The van der Waals surface area contributed by atoms with Gasteiger partial charge in [0, 0.05) is 11.0 Å². The molecule has 0 aromatic heterocycles. The molecule has 1 heterocycles. The predicted molar refractivity (Wildman–Crippen MR) is 83.4 cm³/mol. The van der Waals surface area contributed by atoms with E-state index in [1.54, 1.807) is 0 Å². The monoisotopic (exact) mass is 375 g/mol. The maximum absolute atomic E-state index is 12.3.